The van der Waals surface area contributed by atoms with Crippen molar-refractivity contribution in [3.63, 3.8) is 0 Å². The molecule has 1 aromatic carbocycles. The van der Waals surface area contributed by atoms with Gasteiger partial charge in [0.15, 0.2) is 0 Å². The van der Waals surface area contributed by atoms with Crippen molar-refractivity contribution in [2.75, 3.05) is 127 Å². The molecule has 0 bridgehead atoms. The van der Waals surface area contributed by atoms with E-state index >= 15 is 0 Å². The van der Waals surface area contributed by atoms with Crippen molar-refractivity contribution in [2.24, 2.45) is 23.1 Å². The number of H-pyrrole nitrogens is 1. The summed E-state index contributed by atoms with van der Waals surface area (Å²) in [6.07, 6.45) is 11.9. The van der Waals surface area contributed by atoms with Crippen LogP contribution in [0.15, 0.2) is 42.7 Å². The van der Waals surface area contributed by atoms with E-state index in [-0.39, 0.29) is 49.4 Å². The molecule has 0 radical (unpaired) electrons. The molecule has 4 aromatic heterocycles. The number of nitrogens with two attached hydrogens (primary N) is 3. The van der Waals surface area contributed by atoms with Crippen LogP contribution in [-0.2, 0) is 30.2 Å². The minimum absolute atomic E-state index is 0. The van der Waals surface area contributed by atoms with E-state index in [9.17, 15) is 14.7 Å². The van der Waals surface area contributed by atoms with Crippen molar-refractivity contribution < 1.29 is 28.9 Å². The van der Waals surface area contributed by atoms with Gasteiger partial charge in [-0.05, 0) is 49.2 Å². The second-order valence-electron chi connectivity index (χ2n) is 18.1. The predicted octanol–water partition coefficient (Wildman–Crippen LogP) is 1.24. The number of fused-ring (bicyclic) bond motifs is 1. The molecule has 2 amide bonds. The monoisotopic (exact) mass is 1030 g/mol. The van der Waals surface area contributed by atoms with Crippen LogP contribution in [0.4, 0.5) is 17.8 Å². The maximum Gasteiger partial charge on any atom is 0.248 e. The van der Waals surface area contributed by atoms with Crippen molar-refractivity contribution in [3.05, 3.63) is 59.8 Å². The summed E-state index contributed by atoms with van der Waals surface area (Å²) in [4.78, 5) is 54.8. The number of hydrogen-bond acceptors (Lipinski definition) is 19. The quantitative estimate of drug-likeness (QED) is 0.0303. The highest BCUT2D eigenvalue weighted by Gasteiger charge is 2.34. The molecule has 73 heavy (non-hydrogen) atoms. The molecule has 398 valence electrons. The highest BCUT2D eigenvalue weighted by Crippen LogP contribution is 2.27. The lowest BCUT2D eigenvalue weighted by molar-refractivity contribution is -0.136. The van der Waals surface area contributed by atoms with Crippen LogP contribution in [0.2, 0.25) is 0 Å². The van der Waals surface area contributed by atoms with Crippen LogP contribution >= 0.6 is 12.4 Å². The normalized spacial score (nSPS) is 16.2. The number of benzene rings is 1. The van der Waals surface area contributed by atoms with Gasteiger partial charge in [-0.25, -0.2) is 9.36 Å². The number of rotatable bonds is 28. The van der Waals surface area contributed by atoms with Crippen molar-refractivity contribution in [1.29, 1.82) is 0 Å². The third kappa shape index (κ3) is 15.3. The van der Waals surface area contributed by atoms with Gasteiger partial charge in [-0.1, -0.05) is 54.8 Å². The first-order valence-electron chi connectivity index (χ1n) is 25.1. The minimum atomic E-state index is -0.700. The van der Waals surface area contributed by atoms with E-state index in [2.05, 4.69) is 61.7 Å². The third-order valence-electron chi connectivity index (χ3n) is 13.2. The fourth-order valence-electron chi connectivity index (χ4n) is 8.64. The number of hydrogen-bond donors (Lipinski definition) is 6. The molecule has 2 saturated heterocycles. The number of piperazine rings is 2. The lowest BCUT2D eigenvalue weighted by Crippen LogP contribution is -2.52. The second kappa shape index (κ2) is 28.4. The number of nitrogens with zero attached hydrogens (tertiary/aromatic N) is 13. The summed E-state index contributed by atoms with van der Waals surface area (Å²) in [7, 11) is 0. The van der Waals surface area contributed by atoms with Gasteiger partial charge in [0, 0.05) is 76.5 Å². The van der Waals surface area contributed by atoms with Crippen LogP contribution in [0.3, 0.4) is 0 Å². The van der Waals surface area contributed by atoms with Crippen LogP contribution in [0.5, 0.6) is 0 Å². The van der Waals surface area contributed by atoms with Crippen molar-refractivity contribution in [1.82, 2.24) is 59.7 Å². The number of aromatic nitrogens is 10. The fourth-order valence-corrected chi connectivity index (χ4v) is 8.64. The minimum Gasteiger partial charge on any atom is -0.394 e. The highest BCUT2D eigenvalue weighted by molar-refractivity contribution is 5.85. The topological polar surface area (TPSA) is 301 Å². The smallest absolute Gasteiger partial charge is 0.248 e. The van der Waals surface area contributed by atoms with E-state index in [4.69, 9.17) is 52.8 Å². The molecule has 0 spiro atoms. The number of carbonyl (C=O) groups is 2. The summed E-state index contributed by atoms with van der Waals surface area (Å²) in [6, 6.07) is 7.84. The fraction of sp³-hybridized carbons (Fsp3) is 0.604. The Labute approximate surface area is 432 Å². The summed E-state index contributed by atoms with van der Waals surface area (Å²) in [6.45, 7) is 10.6. The number of nitrogens with one attached hydrogen (secondary N) is 2. The summed E-state index contributed by atoms with van der Waals surface area (Å²) >= 11 is 0. The molecule has 6 heterocycles. The van der Waals surface area contributed by atoms with Crippen LogP contribution in [0.25, 0.3) is 10.9 Å². The van der Waals surface area contributed by atoms with Gasteiger partial charge >= 0.3 is 0 Å². The van der Waals surface area contributed by atoms with Gasteiger partial charge < -0.3 is 66.4 Å². The number of para-hydroxylation sites is 1. The zero-order valence-electron chi connectivity index (χ0n) is 42.0. The zero-order chi connectivity index (χ0) is 50.8. The molecule has 5 atom stereocenters. The standard InChI is InChI=1S/C48H72N18O6.ClH/c1-4-23-70-25-27-72-28-26-71-24-14-52-46-54-47(63-19-15-61(16-20-63)44(68)41(12-8-9-13-49)65-31-39(57-59-65)37(50)33-67)56-48(55-46)64-21-17-62(18-22-64)45(69)42(30-36-29-35-10-6-7-11-38(35)53-36)66-32-40(58-60-66)43(51)34(3)5-2;/h1,6-7,10-11,29,31-32,34,37,41-43,53,67H,5,8-9,12-28,30,33,49-51H2,2-3H3,(H,52,54,55,56);1H/t34?,37-,41-,42+,43-;/m0./s1. The molecular formula is C48H73ClN18O6. The predicted molar refractivity (Wildman–Crippen MR) is 278 cm³/mol. The van der Waals surface area contributed by atoms with E-state index in [0.717, 1.165) is 35.9 Å². The molecule has 0 saturated carbocycles. The van der Waals surface area contributed by atoms with E-state index in [1.807, 2.05) is 45.2 Å². The number of aliphatic hydroxyl groups excluding tert-OH is 1. The number of halogens is 1. The van der Waals surface area contributed by atoms with Crippen LogP contribution in [-0.4, -0.2) is 188 Å². The maximum atomic E-state index is 14.7. The molecule has 25 heteroatoms. The second-order valence-corrected chi connectivity index (χ2v) is 18.1. The van der Waals surface area contributed by atoms with Gasteiger partial charge in [-0.15, -0.1) is 29.0 Å². The highest BCUT2D eigenvalue weighted by atomic mass is 35.5. The maximum absolute atomic E-state index is 14.7. The molecule has 5 aromatic rings. The van der Waals surface area contributed by atoms with Gasteiger partial charge in [0.2, 0.25) is 29.7 Å². The SMILES string of the molecule is C#CCOCCOCCOCCNc1nc(N2CCN(C(=O)[C@@H](Cc3cc4ccccc4[nH]3)n3cc([C@@H](N)C(C)CC)nn3)CC2)nc(N2CCN(C(=O)[C@H](CCCCN)n3cc([C@@H](N)CO)nn3)CC2)n1.Cl. The molecule has 9 N–H and O–H groups in total. The molecule has 0 aliphatic carbocycles. The largest absolute Gasteiger partial charge is 0.394 e. The molecule has 1 unspecified atom stereocenters. The molecular weight excluding hydrogens is 960 g/mol. The summed E-state index contributed by atoms with van der Waals surface area (Å²) in [5, 5.41) is 31.2. The summed E-state index contributed by atoms with van der Waals surface area (Å²) in [5.74, 6) is 3.76. The summed E-state index contributed by atoms with van der Waals surface area (Å²) in [5.41, 5.74) is 21.4. The molecule has 2 aliphatic heterocycles. The Morgan fingerprint density at radius 1 is 0.822 bits per heavy atom. The average Bonchev–Trinajstić information content (AvgIpc) is 4.21. The van der Waals surface area contributed by atoms with Gasteiger partial charge in [0.25, 0.3) is 0 Å². The Balaban J connectivity index is 0.00000869. The first-order chi connectivity index (χ1) is 35.1. The number of ether oxygens (including phenoxy) is 3. The van der Waals surface area contributed by atoms with E-state index in [1.54, 1.807) is 15.6 Å². The van der Waals surface area contributed by atoms with Gasteiger partial charge in [0.1, 0.15) is 24.4 Å². The average molecular weight is 1030 g/mol. The van der Waals surface area contributed by atoms with Crippen molar-refractivity contribution in [3.8, 4) is 12.3 Å². The zero-order valence-corrected chi connectivity index (χ0v) is 42.8. The first kappa shape index (κ1) is 56.3. The Morgan fingerprint density at radius 2 is 1.41 bits per heavy atom. The molecule has 2 fully saturated rings. The Kier molecular flexibility index (Phi) is 21.9. The Hall–Kier alpha value is -6.04. The van der Waals surface area contributed by atoms with E-state index in [1.165, 1.54) is 0 Å². The van der Waals surface area contributed by atoms with Crippen LogP contribution < -0.4 is 32.3 Å². The number of amides is 2. The van der Waals surface area contributed by atoms with E-state index < -0.39 is 18.1 Å². The van der Waals surface area contributed by atoms with Crippen LogP contribution in [0.1, 0.15) is 80.8 Å². The first-order valence-corrected chi connectivity index (χ1v) is 25.1. The van der Waals surface area contributed by atoms with Crippen molar-refractivity contribution >= 4 is 53.0 Å². The third-order valence-corrected chi connectivity index (χ3v) is 13.2. The number of terminal acetylenes is 1. The lowest BCUT2D eigenvalue weighted by Gasteiger charge is -2.38. The number of unbranched alkanes of at least 4 members (excludes halogenated alkanes) is 1. The number of aliphatic hydroxyl groups is 1. The molecule has 2 aliphatic rings. The summed E-state index contributed by atoms with van der Waals surface area (Å²) < 4.78 is 19.8. The van der Waals surface area contributed by atoms with Crippen molar-refractivity contribution in [2.45, 2.75) is 70.1 Å². The van der Waals surface area contributed by atoms with Gasteiger partial charge in [-0.2, -0.15) is 15.0 Å². The van der Waals surface area contributed by atoms with Crippen LogP contribution in [0, 0.1) is 18.3 Å². The lowest BCUT2D eigenvalue weighted by atomic mass is 9.98. The molecule has 24 nitrogen and oxygen atoms in total. The molecule has 7 rings (SSSR count). The number of carbonyl (C=O) groups excluding carboxylic acids is 2. The van der Waals surface area contributed by atoms with Gasteiger partial charge in [-0.3, -0.25) is 9.59 Å². The number of anilines is 3. The van der Waals surface area contributed by atoms with E-state index in [0.29, 0.717) is 141 Å². The Morgan fingerprint density at radius 3 is 2.03 bits per heavy atom. The Bertz CT molecular complexity index is 2470. The van der Waals surface area contributed by atoms with Gasteiger partial charge in [0.05, 0.1) is 69.8 Å². The number of aromatic amines is 1.